The van der Waals surface area contributed by atoms with Gasteiger partial charge in [0.2, 0.25) is 5.91 Å². The van der Waals surface area contributed by atoms with Gasteiger partial charge in [-0.1, -0.05) is 0 Å². The van der Waals surface area contributed by atoms with Crippen molar-refractivity contribution in [2.24, 2.45) is 5.92 Å². The van der Waals surface area contributed by atoms with Crippen LogP contribution < -0.4 is 15.1 Å². The van der Waals surface area contributed by atoms with E-state index < -0.39 is 0 Å². The number of anilines is 3. The highest BCUT2D eigenvalue weighted by Crippen LogP contribution is 2.24. The normalized spacial score (nSPS) is 17.4. The Kier molecular flexibility index (Phi) is 5.38. The predicted molar refractivity (Wildman–Crippen MR) is 108 cm³/mol. The van der Waals surface area contributed by atoms with Crippen molar-refractivity contribution in [3.63, 3.8) is 0 Å². The van der Waals surface area contributed by atoms with Gasteiger partial charge in [0.25, 0.3) is 0 Å². The van der Waals surface area contributed by atoms with Crippen LogP contribution in [-0.2, 0) is 4.79 Å². The second-order valence-electron chi connectivity index (χ2n) is 7.37. The molecule has 2 saturated heterocycles. The third kappa shape index (κ3) is 4.06. The lowest BCUT2D eigenvalue weighted by atomic mass is 9.96. The number of nitrogens with one attached hydrogen (secondary N) is 1. The predicted octanol–water partition coefficient (Wildman–Crippen LogP) is 2.80. The third-order valence-corrected chi connectivity index (χ3v) is 5.51. The van der Waals surface area contributed by atoms with Gasteiger partial charge in [0.1, 0.15) is 17.7 Å². The molecule has 2 aliphatic heterocycles. The van der Waals surface area contributed by atoms with E-state index in [1.54, 1.807) is 18.5 Å². The van der Waals surface area contributed by atoms with Crippen LogP contribution in [0.1, 0.15) is 31.2 Å². The van der Waals surface area contributed by atoms with E-state index in [4.69, 9.17) is 5.26 Å². The molecule has 28 heavy (non-hydrogen) atoms. The second-order valence-corrected chi connectivity index (χ2v) is 7.37. The number of aromatic nitrogens is 2. The highest BCUT2D eigenvalue weighted by Gasteiger charge is 2.26. The molecule has 1 amide bonds. The first-order chi connectivity index (χ1) is 13.7. The van der Waals surface area contributed by atoms with Crippen LogP contribution in [0.4, 0.5) is 17.3 Å². The monoisotopic (exact) mass is 376 g/mol. The maximum atomic E-state index is 12.6. The van der Waals surface area contributed by atoms with Gasteiger partial charge in [-0.25, -0.2) is 9.97 Å². The minimum absolute atomic E-state index is 0.00658. The standard InChI is InChI=1S/C21H24N6O/c22-13-16-3-5-19(23-14-16)27-11-7-17(8-12-27)21(28)25-18-4-6-20(24-15-18)26-9-1-2-10-26/h3-6,14-15,17H,1-2,7-12H2,(H,25,28). The maximum Gasteiger partial charge on any atom is 0.227 e. The molecule has 0 aromatic carbocycles. The smallest absolute Gasteiger partial charge is 0.227 e. The van der Waals surface area contributed by atoms with Crippen LogP contribution in [-0.4, -0.2) is 42.1 Å². The number of rotatable bonds is 4. The van der Waals surface area contributed by atoms with Gasteiger partial charge in [0.05, 0.1) is 17.4 Å². The van der Waals surface area contributed by atoms with Crippen molar-refractivity contribution in [1.29, 1.82) is 5.26 Å². The molecular formula is C21H24N6O. The van der Waals surface area contributed by atoms with E-state index >= 15 is 0 Å². The largest absolute Gasteiger partial charge is 0.357 e. The van der Waals surface area contributed by atoms with Gasteiger partial charge in [-0.3, -0.25) is 4.79 Å². The third-order valence-electron chi connectivity index (χ3n) is 5.51. The number of hydrogen-bond acceptors (Lipinski definition) is 6. The van der Waals surface area contributed by atoms with Gasteiger partial charge in [-0.2, -0.15) is 5.26 Å². The van der Waals surface area contributed by atoms with Crippen molar-refractivity contribution in [2.45, 2.75) is 25.7 Å². The molecule has 0 aliphatic carbocycles. The average Bonchev–Trinajstić information content (AvgIpc) is 3.29. The van der Waals surface area contributed by atoms with Gasteiger partial charge in [0.15, 0.2) is 0 Å². The fraction of sp³-hybridized carbons (Fsp3) is 0.429. The first-order valence-corrected chi connectivity index (χ1v) is 9.86. The van der Waals surface area contributed by atoms with Crippen LogP contribution in [0.5, 0.6) is 0 Å². The lowest BCUT2D eigenvalue weighted by molar-refractivity contribution is -0.120. The number of piperidine rings is 1. The fourth-order valence-electron chi connectivity index (χ4n) is 3.85. The molecule has 144 valence electrons. The van der Waals surface area contributed by atoms with Crippen LogP contribution in [0, 0.1) is 17.2 Å². The van der Waals surface area contributed by atoms with Gasteiger partial charge in [-0.15, -0.1) is 0 Å². The molecule has 2 aliphatic rings. The number of carbonyl (C=O) groups is 1. The van der Waals surface area contributed by atoms with Crippen LogP contribution in [0.3, 0.4) is 0 Å². The maximum absolute atomic E-state index is 12.6. The van der Waals surface area contributed by atoms with Gasteiger partial charge in [0, 0.05) is 38.3 Å². The minimum atomic E-state index is -0.00658. The lowest BCUT2D eigenvalue weighted by Crippen LogP contribution is -2.38. The molecule has 7 nitrogen and oxygen atoms in total. The number of nitriles is 1. The highest BCUT2D eigenvalue weighted by molar-refractivity contribution is 5.92. The Bertz CT molecular complexity index is 844. The lowest BCUT2D eigenvalue weighted by Gasteiger charge is -2.32. The summed E-state index contributed by atoms with van der Waals surface area (Å²) in [4.78, 5) is 25.9. The van der Waals surface area contributed by atoms with Crippen LogP contribution >= 0.6 is 0 Å². The Balaban J connectivity index is 1.29. The second kappa shape index (κ2) is 8.26. The molecule has 4 rings (SSSR count). The van der Waals surface area contributed by atoms with Crippen LogP contribution in [0.15, 0.2) is 36.7 Å². The summed E-state index contributed by atoms with van der Waals surface area (Å²) in [5, 5.41) is 11.9. The molecule has 2 fully saturated rings. The molecular weight excluding hydrogens is 352 g/mol. The Hall–Kier alpha value is -3.14. The Morgan fingerprint density at radius 2 is 1.61 bits per heavy atom. The highest BCUT2D eigenvalue weighted by atomic mass is 16.1. The molecule has 2 aromatic rings. The Morgan fingerprint density at radius 1 is 0.964 bits per heavy atom. The summed E-state index contributed by atoms with van der Waals surface area (Å²) in [6.07, 6.45) is 7.35. The zero-order valence-electron chi connectivity index (χ0n) is 15.8. The molecule has 7 heteroatoms. The van der Waals surface area contributed by atoms with E-state index in [1.807, 2.05) is 18.2 Å². The summed E-state index contributed by atoms with van der Waals surface area (Å²) in [6.45, 7) is 3.68. The molecule has 1 N–H and O–H groups in total. The molecule has 0 atom stereocenters. The number of hydrogen-bond donors (Lipinski definition) is 1. The number of amides is 1. The first kappa shape index (κ1) is 18.2. The number of carbonyl (C=O) groups excluding carboxylic acids is 1. The first-order valence-electron chi connectivity index (χ1n) is 9.86. The SMILES string of the molecule is N#Cc1ccc(N2CCC(C(=O)Nc3ccc(N4CCCC4)nc3)CC2)nc1. The summed E-state index contributed by atoms with van der Waals surface area (Å²) < 4.78 is 0. The summed E-state index contributed by atoms with van der Waals surface area (Å²) >= 11 is 0. The van der Waals surface area contributed by atoms with Crippen molar-refractivity contribution in [1.82, 2.24) is 9.97 Å². The summed E-state index contributed by atoms with van der Waals surface area (Å²) in [7, 11) is 0. The van der Waals surface area contributed by atoms with Gasteiger partial charge >= 0.3 is 0 Å². The fourth-order valence-corrected chi connectivity index (χ4v) is 3.85. The summed E-state index contributed by atoms with van der Waals surface area (Å²) in [5.74, 6) is 1.90. The molecule has 0 bridgehead atoms. The van der Waals surface area contributed by atoms with Crippen molar-refractivity contribution in [2.75, 3.05) is 41.3 Å². The van der Waals surface area contributed by atoms with E-state index in [0.29, 0.717) is 5.56 Å². The Morgan fingerprint density at radius 3 is 2.18 bits per heavy atom. The van der Waals surface area contributed by atoms with E-state index in [9.17, 15) is 4.79 Å². The van der Waals surface area contributed by atoms with Crippen molar-refractivity contribution >= 4 is 23.2 Å². The molecule has 0 saturated carbocycles. The minimum Gasteiger partial charge on any atom is -0.357 e. The average molecular weight is 376 g/mol. The Labute approximate surface area is 165 Å². The van der Waals surface area contributed by atoms with Gasteiger partial charge < -0.3 is 15.1 Å². The molecule has 2 aromatic heterocycles. The van der Waals surface area contributed by atoms with E-state index in [0.717, 1.165) is 56.3 Å². The van der Waals surface area contributed by atoms with E-state index in [1.165, 1.54) is 12.8 Å². The summed E-state index contributed by atoms with van der Waals surface area (Å²) in [5.41, 5.74) is 1.31. The van der Waals surface area contributed by atoms with Crippen molar-refractivity contribution < 1.29 is 4.79 Å². The molecule has 0 radical (unpaired) electrons. The van der Waals surface area contributed by atoms with E-state index in [-0.39, 0.29) is 11.8 Å². The zero-order valence-corrected chi connectivity index (χ0v) is 15.8. The topological polar surface area (TPSA) is 85.2 Å². The quantitative estimate of drug-likeness (QED) is 0.883. The number of pyridine rings is 2. The van der Waals surface area contributed by atoms with E-state index in [2.05, 4.69) is 31.2 Å². The van der Waals surface area contributed by atoms with Crippen LogP contribution in [0.25, 0.3) is 0 Å². The van der Waals surface area contributed by atoms with Gasteiger partial charge in [-0.05, 0) is 49.9 Å². The van der Waals surface area contributed by atoms with Crippen molar-refractivity contribution in [3.05, 3.63) is 42.2 Å². The summed E-state index contributed by atoms with van der Waals surface area (Å²) in [6, 6.07) is 9.65. The molecule has 4 heterocycles. The molecule has 0 unspecified atom stereocenters. The van der Waals surface area contributed by atoms with Crippen LogP contribution in [0.2, 0.25) is 0 Å². The molecule has 0 spiro atoms. The van der Waals surface area contributed by atoms with Crippen molar-refractivity contribution in [3.8, 4) is 6.07 Å². The number of nitrogens with zero attached hydrogens (tertiary/aromatic N) is 5. The zero-order chi connectivity index (χ0) is 19.3.